The first-order valence-corrected chi connectivity index (χ1v) is 10.7. The standard InChI is InChI=1S/C25H19ClFN3O5/c1-34-21-10-16-20(11-22(21)35-2)30(13-23(31)29-15-3-4-19(27)18(26)9-15)12-17(25(16)33)24(32)14-5-7-28-8-6-14/h3-12H,13H2,1-2H3,(H,29,31). The molecule has 4 rings (SSSR count). The van der Waals surface area contributed by atoms with Crippen molar-refractivity contribution in [2.24, 2.45) is 0 Å². The van der Waals surface area contributed by atoms with Crippen molar-refractivity contribution >= 4 is 39.9 Å². The summed E-state index contributed by atoms with van der Waals surface area (Å²) < 4.78 is 25.6. The normalized spacial score (nSPS) is 10.7. The van der Waals surface area contributed by atoms with Crippen LogP contribution in [0.3, 0.4) is 0 Å². The van der Waals surface area contributed by atoms with Crippen molar-refractivity contribution in [1.82, 2.24) is 9.55 Å². The minimum absolute atomic E-state index is 0.131. The first-order valence-electron chi connectivity index (χ1n) is 10.3. The molecule has 1 amide bonds. The topological polar surface area (TPSA) is 99.5 Å². The van der Waals surface area contributed by atoms with E-state index in [1.54, 1.807) is 6.07 Å². The van der Waals surface area contributed by atoms with Gasteiger partial charge in [-0.2, -0.15) is 0 Å². The number of nitrogens with one attached hydrogen (secondary N) is 1. The molecule has 0 unspecified atom stereocenters. The summed E-state index contributed by atoms with van der Waals surface area (Å²) in [7, 11) is 2.87. The molecule has 0 saturated carbocycles. The molecule has 0 bridgehead atoms. The van der Waals surface area contributed by atoms with Crippen molar-refractivity contribution in [1.29, 1.82) is 0 Å². The van der Waals surface area contributed by atoms with Crippen LogP contribution >= 0.6 is 11.6 Å². The van der Waals surface area contributed by atoms with Crippen LogP contribution in [0.5, 0.6) is 11.5 Å². The number of aromatic nitrogens is 2. The number of ether oxygens (including phenoxy) is 2. The highest BCUT2D eigenvalue weighted by Gasteiger charge is 2.20. The van der Waals surface area contributed by atoms with Gasteiger partial charge in [-0.05, 0) is 36.4 Å². The van der Waals surface area contributed by atoms with Gasteiger partial charge in [-0.15, -0.1) is 0 Å². The number of rotatable bonds is 7. The Morgan fingerprint density at radius 2 is 1.74 bits per heavy atom. The molecule has 8 nitrogen and oxygen atoms in total. The Bertz CT molecular complexity index is 1500. The number of pyridine rings is 2. The smallest absolute Gasteiger partial charge is 0.244 e. The average molecular weight is 496 g/mol. The summed E-state index contributed by atoms with van der Waals surface area (Å²) in [5, 5.41) is 2.66. The minimum Gasteiger partial charge on any atom is -0.493 e. The molecule has 1 N–H and O–H groups in total. The van der Waals surface area contributed by atoms with E-state index < -0.39 is 22.9 Å². The van der Waals surface area contributed by atoms with Gasteiger partial charge < -0.3 is 19.4 Å². The summed E-state index contributed by atoms with van der Waals surface area (Å²) >= 11 is 5.79. The van der Waals surface area contributed by atoms with E-state index in [-0.39, 0.29) is 28.1 Å². The van der Waals surface area contributed by atoms with Crippen LogP contribution in [-0.4, -0.2) is 35.5 Å². The van der Waals surface area contributed by atoms with Gasteiger partial charge in [-0.1, -0.05) is 11.6 Å². The van der Waals surface area contributed by atoms with E-state index in [0.717, 1.165) is 6.07 Å². The maximum Gasteiger partial charge on any atom is 0.244 e. The van der Waals surface area contributed by atoms with Crippen molar-refractivity contribution in [2.45, 2.75) is 6.54 Å². The number of ketones is 1. The van der Waals surface area contributed by atoms with Crippen LogP contribution in [0.4, 0.5) is 10.1 Å². The van der Waals surface area contributed by atoms with Crippen LogP contribution in [0, 0.1) is 5.82 Å². The second-order valence-electron chi connectivity index (χ2n) is 7.47. The van der Waals surface area contributed by atoms with Gasteiger partial charge in [0.1, 0.15) is 12.4 Å². The molecule has 2 aromatic carbocycles. The minimum atomic E-state index is -0.614. The Hall–Kier alpha value is -4.24. The van der Waals surface area contributed by atoms with E-state index in [2.05, 4.69) is 10.3 Å². The van der Waals surface area contributed by atoms with Gasteiger partial charge in [0.2, 0.25) is 11.3 Å². The molecule has 0 atom stereocenters. The largest absolute Gasteiger partial charge is 0.493 e. The molecule has 0 aliphatic rings. The lowest BCUT2D eigenvalue weighted by atomic mass is 10.0. The first kappa shape index (κ1) is 23.9. The van der Waals surface area contributed by atoms with Crippen LogP contribution in [0.25, 0.3) is 10.9 Å². The lowest BCUT2D eigenvalue weighted by Crippen LogP contribution is -2.24. The molecule has 4 aromatic rings. The summed E-state index contributed by atoms with van der Waals surface area (Å²) in [6.07, 6.45) is 4.22. The molecule has 0 aliphatic heterocycles. The number of hydrogen-bond donors (Lipinski definition) is 1. The van der Waals surface area contributed by atoms with Crippen LogP contribution in [0.2, 0.25) is 5.02 Å². The van der Waals surface area contributed by atoms with E-state index >= 15 is 0 Å². The predicted molar refractivity (Wildman–Crippen MR) is 129 cm³/mol. The van der Waals surface area contributed by atoms with Crippen LogP contribution in [0.15, 0.2) is 65.8 Å². The molecule has 2 heterocycles. The third-order valence-electron chi connectivity index (χ3n) is 5.29. The molecule has 0 spiro atoms. The highest BCUT2D eigenvalue weighted by atomic mass is 35.5. The summed E-state index contributed by atoms with van der Waals surface area (Å²) in [4.78, 5) is 43.2. The fourth-order valence-corrected chi connectivity index (χ4v) is 3.78. The molecule has 0 saturated heterocycles. The van der Waals surface area contributed by atoms with Gasteiger partial charge in [-0.3, -0.25) is 19.4 Å². The Labute approximate surface area is 203 Å². The highest BCUT2D eigenvalue weighted by Crippen LogP contribution is 2.31. The number of methoxy groups -OCH3 is 2. The fourth-order valence-electron chi connectivity index (χ4n) is 3.60. The number of halogens is 2. The number of fused-ring (bicyclic) bond motifs is 1. The summed E-state index contributed by atoms with van der Waals surface area (Å²) in [6, 6.07) is 9.80. The predicted octanol–water partition coefficient (Wildman–Crippen LogP) is 4.08. The quantitative estimate of drug-likeness (QED) is 0.388. The molecular weight excluding hydrogens is 477 g/mol. The zero-order chi connectivity index (χ0) is 25.1. The zero-order valence-electron chi connectivity index (χ0n) is 18.7. The third kappa shape index (κ3) is 4.85. The number of anilines is 1. The van der Waals surface area contributed by atoms with Crippen LogP contribution in [0.1, 0.15) is 15.9 Å². The van der Waals surface area contributed by atoms with Gasteiger partial charge in [0.25, 0.3) is 0 Å². The summed E-state index contributed by atoms with van der Waals surface area (Å²) in [5.74, 6) is -0.991. The first-order chi connectivity index (χ1) is 16.8. The Balaban J connectivity index is 1.82. The maximum atomic E-state index is 13.5. The monoisotopic (exact) mass is 495 g/mol. The SMILES string of the molecule is COc1cc2c(=O)c(C(=O)c3ccncc3)cn(CC(=O)Nc3ccc(F)c(Cl)c3)c2cc1OC. The molecule has 0 fully saturated rings. The molecule has 10 heteroatoms. The van der Waals surface area contributed by atoms with Gasteiger partial charge in [-0.25, -0.2) is 4.39 Å². The van der Waals surface area contributed by atoms with Gasteiger partial charge in [0.15, 0.2) is 17.3 Å². The lowest BCUT2D eigenvalue weighted by molar-refractivity contribution is -0.116. The summed E-state index contributed by atoms with van der Waals surface area (Å²) in [6.45, 7) is -0.266. The van der Waals surface area contributed by atoms with Crippen molar-refractivity contribution in [3.8, 4) is 11.5 Å². The maximum absolute atomic E-state index is 13.5. The van der Waals surface area contributed by atoms with E-state index in [9.17, 15) is 18.8 Å². The Morgan fingerprint density at radius 3 is 2.40 bits per heavy atom. The molecule has 35 heavy (non-hydrogen) atoms. The van der Waals surface area contributed by atoms with Gasteiger partial charge in [0.05, 0.1) is 35.7 Å². The molecule has 178 valence electrons. The number of benzene rings is 2. The summed E-state index contributed by atoms with van der Waals surface area (Å²) in [5.41, 5.74) is 0.262. The molecular formula is C25H19ClFN3O5. The van der Waals surface area contributed by atoms with E-state index in [4.69, 9.17) is 21.1 Å². The zero-order valence-corrected chi connectivity index (χ0v) is 19.4. The molecule has 0 radical (unpaired) electrons. The van der Waals surface area contributed by atoms with Crippen LogP contribution in [-0.2, 0) is 11.3 Å². The second-order valence-corrected chi connectivity index (χ2v) is 7.87. The van der Waals surface area contributed by atoms with Crippen molar-refractivity contribution in [3.63, 3.8) is 0 Å². The molecule has 2 aromatic heterocycles. The number of carbonyl (C=O) groups excluding carboxylic acids is 2. The van der Waals surface area contributed by atoms with Crippen molar-refractivity contribution in [3.05, 3.63) is 93.2 Å². The van der Waals surface area contributed by atoms with E-state index in [1.165, 1.54) is 67.7 Å². The number of amides is 1. The number of hydrogen-bond acceptors (Lipinski definition) is 6. The Kier molecular flexibility index (Phi) is 6.79. The van der Waals surface area contributed by atoms with Crippen molar-refractivity contribution in [2.75, 3.05) is 19.5 Å². The number of carbonyl (C=O) groups is 2. The van der Waals surface area contributed by atoms with E-state index in [1.807, 2.05) is 0 Å². The Morgan fingerprint density at radius 1 is 1.06 bits per heavy atom. The van der Waals surface area contributed by atoms with Crippen LogP contribution < -0.4 is 20.2 Å². The number of nitrogens with zero attached hydrogens (tertiary/aromatic N) is 2. The van der Waals surface area contributed by atoms with E-state index in [0.29, 0.717) is 22.7 Å². The van der Waals surface area contributed by atoms with Gasteiger partial charge in [0, 0.05) is 35.9 Å². The third-order valence-corrected chi connectivity index (χ3v) is 5.58. The second kappa shape index (κ2) is 9.94. The highest BCUT2D eigenvalue weighted by molar-refractivity contribution is 6.31. The molecule has 0 aliphatic carbocycles. The lowest BCUT2D eigenvalue weighted by Gasteiger charge is -2.16. The fraction of sp³-hybridized carbons (Fsp3) is 0.120. The van der Waals surface area contributed by atoms with Crippen molar-refractivity contribution < 1.29 is 23.5 Å². The average Bonchev–Trinajstić information content (AvgIpc) is 2.87. The van der Waals surface area contributed by atoms with Gasteiger partial charge >= 0.3 is 0 Å².